The predicted octanol–water partition coefficient (Wildman–Crippen LogP) is -0.283. The lowest BCUT2D eigenvalue weighted by molar-refractivity contribution is 0.228. The predicted molar refractivity (Wildman–Crippen MR) is 65.5 cm³/mol. The summed E-state index contributed by atoms with van der Waals surface area (Å²) in [5.41, 5.74) is 7.28. The van der Waals surface area contributed by atoms with Gasteiger partial charge in [0.05, 0.1) is 12.2 Å². The molecule has 0 radical (unpaired) electrons. The van der Waals surface area contributed by atoms with E-state index in [2.05, 4.69) is 20.3 Å². The summed E-state index contributed by atoms with van der Waals surface area (Å²) in [4.78, 5) is 6.82. The molecule has 0 spiro atoms. The zero-order chi connectivity index (χ0) is 11.7. The zero-order valence-electron chi connectivity index (χ0n) is 9.63. The minimum atomic E-state index is 0.673. The molecule has 0 aliphatic carbocycles. The van der Waals surface area contributed by atoms with Crippen LogP contribution in [0.25, 0.3) is 5.65 Å². The van der Waals surface area contributed by atoms with Gasteiger partial charge in [0.2, 0.25) is 0 Å². The van der Waals surface area contributed by atoms with Crippen molar-refractivity contribution >= 4 is 11.3 Å². The van der Waals surface area contributed by atoms with Crippen molar-refractivity contribution in [1.29, 1.82) is 0 Å². The van der Waals surface area contributed by atoms with Crippen molar-refractivity contribution in [2.45, 2.75) is 6.54 Å². The number of hydrogen-bond donors (Lipinski definition) is 2. The van der Waals surface area contributed by atoms with Crippen molar-refractivity contribution in [3.8, 4) is 0 Å². The van der Waals surface area contributed by atoms with E-state index in [0.29, 0.717) is 5.69 Å². The molecule has 90 valence electrons. The lowest BCUT2D eigenvalue weighted by atomic mass is 10.3. The Bertz CT molecular complexity index is 514. The maximum Gasteiger partial charge on any atom is 0.178 e. The fourth-order valence-corrected chi connectivity index (χ4v) is 2.11. The maximum atomic E-state index is 5.86. The third kappa shape index (κ3) is 2.09. The third-order valence-corrected chi connectivity index (χ3v) is 3.01. The molecule has 0 unspecified atom stereocenters. The average molecular weight is 232 g/mol. The number of rotatable bonds is 2. The highest BCUT2D eigenvalue weighted by Gasteiger charge is 2.13. The van der Waals surface area contributed by atoms with Crippen LogP contribution in [0.1, 0.15) is 5.82 Å². The number of nitrogens with one attached hydrogen (secondary N) is 1. The van der Waals surface area contributed by atoms with Crippen LogP contribution in [0.3, 0.4) is 0 Å². The second kappa shape index (κ2) is 4.31. The summed E-state index contributed by atoms with van der Waals surface area (Å²) in [5, 5.41) is 7.76. The summed E-state index contributed by atoms with van der Waals surface area (Å²) in [6.07, 6.45) is 1.87. The molecule has 6 nitrogen and oxygen atoms in total. The fourth-order valence-electron chi connectivity index (χ4n) is 2.11. The Labute approximate surface area is 99.4 Å². The maximum absolute atomic E-state index is 5.86. The highest BCUT2D eigenvalue weighted by atomic mass is 15.3. The molecule has 3 N–H and O–H groups in total. The van der Waals surface area contributed by atoms with Gasteiger partial charge in [0.25, 0.3) is 0 Å². The summed E-state index contributed by atoms with van der Waals surface area (Å²) in [5.74, 6) is 0.838. The van der Waals surface area contributed by atoms with E-state index in [0.717, 1.165) is 44.2 Å². The quantitative estimate of drug-likeness (QED) is 0.745. The van der Waals surface area contributed by atoms with E-state index >= 15 is 0 Å². The number of fused-ring (bicyclic) bond motifs is 1. The number of piperazine rings is 1. The molecule has 1 saturated heterocycles. The topological polar surface area (TPSA) is 71.5 Å². The number of anilines is 1. The standard InChI is InChI=1S/C11H16N6/c12-9-2-1-5-17-11(9)14-10(15-17)8-16-6-3-13-4-7-16/h1-2,5,13H,3-4,6-8,12H2. The SMILES string of the molecule is Nc1cccn2nc(CN3CCNCC3)nc12. The van der Waals surface area contributed by atoms with Gasteiger partial charge in [-0.05, 0) is 12.1 Å². The lowest BCUT2D eigenvalue weighted by Crippen LogP contribution is -2.43. The van der Waals surface area contributed by atoms with Crippen molar-refractivity contribution < 1.29 is 0 Å². The van der Waals surface area contributed by atoms with E-state index < -0.39 is 0 Å². The Balaban J connectivity index is 1.83. The van der Waals surface area contributed by atoms with Gasteiger partial charge in [0.15, 0.2) is 11.5 Å². The molecule has 0 aromatic carbocycles. The van der Waals surface area contributed by atoms with Gasteiger partial charge in [-0.3, -0.25) is 4.90 Å². The summed E-state index contributed by atoms with van der Waals surface area (Å²) in [6.45, 7) is 4.96. The number of nitrogen functional groups attached to an aromatic ring is 1. The van der Waals surface area contributed by atoms with E-state index in [-0.39, 0.29) is 0 Å². The lowest BCUT2D eigenvalue weighted by Gasteiger charge is -2.25. The molecule has 3 rings (SSSR count). The number of nitrogens with two attached hydrogens (primary N) is 1. The fraction of sp³-hybridized carbons (Fsp3) is 0.455. The van der Waals surface area contributed by atoms with Crippen LogP contribution in [-0.2, 0) is 6.54 Å². The van der Waals surface area contributed by atoms with Crippen LogP contribution >= 0.6 is 0 Å². The third-order valence-electron chi connectivity index (χ3n) is 3.01. The second-order valence-corrected chi connectivity index (χ2v) is 4.29. The van der Waals surface area contributed by atoms with E-state index in [1.165, 1.54) is 0 Å². The highest BCUT2D eigenvalue weighted by Crippen LogP contribution is 2.11. The molecule has 1 fully saturated rings. The molecule has 0 saturated carbocycles. The Morgan fingerprint density at radius 2 is 2.18 bits per heavy atom. The van der Waals surface area contributed by atoms with E-state index in [9.17, 15) is 0 Å². The Hall–Kier alpha value is -1.66. The normalized spacial score (nSPS) is 17.6. The smallest absolute Gasteiger partial charge is 0.178 e. The van der Waals surface area contributed by atoms with Crippen LogP contribution in [0.5, 0.6) is 0 Å². The van der Waals surface area contributed by atoms with Crippen LogP contribution < -0.4 is 11.1 Å². The minimum absolute atomic E-state index is 0.673. The molecule has 3 heterocycles. The number of pyridine rings is 1. The summed E-state index contributed by atoms with van der Waals surface area (Å²) >= 11 is 0. The number of hydrogen-bond acceptors (Lipinski definition) is 5. The second-order valence-electron chi connectivity index (χ2n) is 4.29. The summed E-state index contributed by atoms with van der Waals surface area (Å²) < 4.78 is 1.74. The van der Waals surface area contributed by atoms with Crippen LogP contribution in [0.4, 0.5) is 5.69 Å². The van der Waals surface area contributed by atoms with Gasteiger partial charge in [-0.1, -0.05) is 0 Å². The highest BCUT2D eigenvalue weighted by molar-refractivity contribution is 5.63. The van der Waals surface area contributed by atoms with E-state index in [1.54, 1.807) is 4.52 Å². The van der Waals surface area contributed by atoms with E-state index in [1.807, 2.05) is 18.3 Å². The first-order valence-corrected chi connectivity index (χ1v) is 5.86. The Morgan fingerprint density at radius 3 is 2.94 bits per heavy atom. The average Bonchev–Trinajstić information content (AvgIpc) is 2.74. The van der Waals surface area contributed by atoms with Crippen LogP contribution in [-0.4, -0.2) is 45.7 Å². The largest absolute Gasteiger partial charge is 0.396 e. The molecule has 2 aromatic heterocycles. The molecule has 6 heteroatoms. The van der Waals surface area contributed by atoms with Gasteiger partial charge < -0.3 is 11.1 Å². The molecule has 0 atom stereocenters. The van der Waals surface area contributed by atoms with Gasteiger partial charge in [-0.15, -0.1) is 5.10 Å². The first kappa shape index (κ1) is 10.5. The molecular weight excluding hydrogens is 216 g/mol. The monoisotopic (exact) mass is 232 g/mol. The minimum Gasteiger partial charge on any atom is -0.396 e. The molecule has 1 aliphatic rings. The van der Waals surface area contributed by atoms with Crippen molar-refractivity contribution in [3.05, 3.63) is 24.2 Å². The van der Waals surface area contributed by atoms with Gasteiger partial charge in [0.1, 0.15) is 0 Å². The van der Waals surface area contributed by atoms with Gasteiger partial charge >= 0.3 is 0 Å². The van der Waals surface area contributed by atoms with Crippen molar-refractivity contribution in [3.63, 3.8) is 0 Å². The summed E-state index contributed by atoms with van der Waals surface area (Å²) in [7, 11) is 0. The van der Waals surface area contributed by atoms with Crippen LogP contribution in [0.15, 0.2) is 18.3 Å². The molecule has 0 amide bonds. The molecule has 0 bridgehead atoms. The van der Waals surface area contributed by atoms with Crippen LogP contribution in [0, 0.1) is 0 Å². The number of aromatic nitrogens is 3. The Morgan fingerprint density at radius 1 is 1.35 bits per heavy atom. The van der Waals surface area contributed by atoms with Crippen molar-refractivity contribution in [2.75, 3.05) is 31.9 Å². The first-order valence-electron chi connectivity index (χ1n) is 5.86. The zero-order valence-corrected chi connectivity index (χ0v) is 9.63. The van der Waals surface area contributed by atoms with Gasteiger partial charge in [-0.25, -0.2) is 9.50 Å². The first-order chi connectivity index (χ1) is 8.33. The number of nitrogens with zero attached hydrogens (tertiary/aromatic N) is 4. The molecule has 17 heavy (non-hydrogen) atoms. The van der Waals surface area contributed by atoms with E-state index in [4.69, 9.17) is 5.73 Å². The Kier molecular flexibility index (Phi) is 2.66. The molecular formula is C11H16N6. The van der Waals surface area contributed by atoms with Gasteiger partial charge in [0, 0.05) is 32.4 Å². The summed E-state index contributed by atoms with van der Waals surface area (Å²) in [6, 6.07) is 3.73. The molecule has 2 aromatic rings. The van der Waals surface area contributed by atoms with Crippen LogP contribution in [0.2, 0.25) is 0 Å². The molecule has 1 aliphatic heterocycles. The van der Waals surface area contributed by atoms with Crippen molar-refractivity contribution in [1.82, 2.24) is 24.8 Å². The van der Waals surface area contributed by atoms with Gasteiger partial charge in [-0.2, -0.15) is 0 Å². The van der Waals surface area contributed by atoms with Crippen molar-refractivity contribution in [2.24, 2.45) is 0 Å².